The van der Waals surface area contributed by atoms with Gasteiger partial charge in [0.1, 0.15) is 5.56 Å². The van der Waals surface area contributed by atoms with Crippen molar-refractivity contribution < 1.29 is 20.0 Å². The van der Waals surface area contributed by atoms with Gasteiger partial charge >= 0.3 is 5.97 Å². The number of rotatable bonds is 16. The molecule has 0 aliphatic carbocycles. The van der Waals surface area contributed by atoms with Crippen LogP contribution in [0, 0.1) is 0 Å². The molecule has 0 bridgehead atoms. The molecule has 1 rings (SSSR count). The summed E-state index contributed by atoms with van der Waals surface area (Å²) >= 11 is 0. The number of unbranched alkanes of at least 4 members (excludes halogenated alkanes) is 12. The molecule has 0 unspecified atom stereocenters. The van der Waals surface area contributed by atoms with Crippen LogP contribution in [0.4, 0.5) is 0 Å². The Balaban J connectivity index is 2.01. The second-order valence-electron chi connectivity index (χ2n) is 7.22. The van der Waals surface area contributed by atoms with Gasteiger partial charge in [0.2, 0.25) is 0 Å². The monoisotopic (exact) mass is 364 g/mol. The Morgan fingerprint density at radius 2 is 1.35 bits per heavy atom. The Hall–Kier alpha value is -1.55. The van der Waals surface area contributed by atoms with Crippen LogP contribution in [0.3, 0.4) is 0 Å². The fourth-order valence-electron chi connectivity index (χ4n) is 3.32. The molecule has 2 N–H and O–H groups in total. The van der Waals surface area contributed by atoms with Crippen LogP contribution in [0.2, 0.25) is 0 Å². The molecule has 0 radical (unpaired) electrons. The fourth-order valence-corrected chi connectivity index (χ4v) is 3.32. The Morgan fingerprint density at radius 3 is 1.81 bits per heavy atom. The van der Waals surface area contributed by atoms with E-state index in [9.17, 15) is 4.79 Å². The van der Waals surface area contributed by atoms with Gasteiger partial charge in [-0.2, -0.15) is 0 Å². The highest BCUT2D eigenvalue weighted by atomic mass is 17.1. The largest absolute Gasteiger partial charge is 0.478 e. The van der Waals surface area contributed by atoms with E-state index in [0.717, 1.165) is 18.4 Å². The number of hydrogen-bond donors (Lipinski definition) is 2. The summed E-state index contributed by atoms with van der Waals surface area (Å²) in [7, 11) is 0. The van der Waals surface area contributed by atoms with Gasteiger partial charge in [-0.3, -0.25) is 0 Å². The van der Waals surface area contributed by atoms with Gasteiger partial charge in [-0.15, -0.1) is 0 Å². The average molecular weight is 365 g/mol. The Bertz CT molecular complexity index is 499. The lowest BCUT2D eigenvalue weighted by molar-refractivity contribution is -0.138. The van der Waals surface area contributed by atoms with Crippen molar-refractivity contribution in [2.24, 2.45) is 0 Å². The van der Waals surface area contributed by atoms with Gasteiger partial charge < -0.3 is 9.99 Å². The van der Waals surface area contributed by atoms with Gasteiger partial charge in [0.15, 0.2) is 5.75 Å². The van der Waals surface area contributed by atoms with Gasteiger partial charge in [0.25, 0.3) is 0 Å². The van der Waals surface area contributed by atoms with Crippen molar-refractivity contribution in [3.8, 4) is 5.75 Å². The van der Waals surface area contributed by atoms with E-state index in [2.05, 4.69) is 11.8 Å². The van der Waals surface area contributed by atoms with Crippen LogP contribution in [-0.2, 0) is 6.42 Å². The van der Waals surface area contributed by atoms with Crippen molar-refractivity contribution in [1.29, 1.82) is 0 Å². The predicted molar refractivity (Wildman–Crippen MR) is 106 cm³/mol. The molecule has 148 valence electrons. The number of carbonyl (C=O) groups is 1. The molecule has 0 spiro atoms. The lowest BCUT2D eigenvalue weighted by Gasteiger charge is -2.06. The standard InChI is InChI=1S/C22H36O4/c1-2-3-4-5-6-7-8-9-10-11-12-13-14-15-19-16-17-20(22(23)24)21(18-19)26-25/h16-18,25H,2-15H2,1H3,(H,23,24). The van der Waals surface area contributed by atoms with Gasteiger partial charge in [-0.05, 0) is 30.5 Å². The van der Waals surface area contributed by atoms with Crippen LogP contribution in [0.1, 0.15) is 106 Å². The Labute approximate surface area is 158 Å². The Morgan fingerprint density at radius 1 is 0.846 bits per heavy atom. The summed E-state index contributed by atoms with van der Waals surface area (Å²) in [6, 6.07) is 4.90. The summed E-state index contributed by atoms with van der Waals surface area (Å²) in [4.78, 5) is 15.2. The molecule has 4 nitrogen and oxygen atoms in total. The van der Waals surface area contributed by atoms with Gasteiger partial charge in [-0.25, -0.2) is 10.1 Å². The molecule has 0 aliphatic rings. The molecule has 0 saturated carbocycles. The highest BCUT2D eigenvalue weighted by molar-refractivity contribution is 5.90. The number of benzene rings is 1. The molecular formula is C22H36O4. The lowest BCUT2D eigenvalue weighted by Crippen LogP contribution is -2.01. The molecule has 1 aromatic rings. The van der Waals surface area contributed by atoms with Crippen LogP contribution < -0.4 is 4.89 Å². The van der Waals surface area contributed by atoms with Crippen molar-refractivity contribution in [1.82, 2.24) is 0 Å². The minimum absolute atomic E-state index is 0.0124. The SMILES string of the molecule is CCCCCCCCCCCCCCCc1ccc(C(=O)O)c(OO)c1. The van der Waals surface area contributed by atoms with Crippen molar-refractivity contribution >= 4 is 5.97 Å². The van der Waals surface area contributed by atoms with E-state index >= 15 is 0 Å². The normalized spacial score (nSPS) is 10.8. The molecule has 0 aliphatic heterocycles. The van der Waals surface area contributed by atoms with Gasteiger partial charge in [-0.1, -0.05) is 90.0 Å². The second kappa shape index (κ2) is 14.6. The van der Waals surface area contributed by atoms with Crippen LogP contribution >= 0.6 is 0 Å². The van der Waals surface area contributed by atoms with Crippen LogP contribution in [0.25, 0.3) is 0 Å². The van der Waals surface area contributed by atoms with E-state index in [1.807, 2.05) is 0 Å². The zero-order valence-corrected chi connectivity index (χ0v) is 16.3. The third kappa shape index (κ3) is 9.81. The fraction of sp³-hybridized carbons (Fsp3) is 0.682. The smallest absolute Gasteiger partial charge is 0.339 e. The van der Waals surface area contributed by atoms with E-state index < -0.39 is 5.97 Å². The zero-order valence-electron chi connectivity index (χ0n) is 16.3. The topological polar surface area (TPSA) is 66.8 Å². The van der Waals surface area contributed by atoms with Crippen molar-refractivity contribution in [3.05, 3.63) is 29.3 Å². The van der Waals surface area contributed by atoms with E-state index in [4.69, 9.17) is 10.4 Å². The van der Waals surface area contributed by atoms with Crippen LogP contribution in [0.5, 0.6) is 5.75 Å². The minimum atomic E-state index is -1.10. The second-order valence-corrected chi connectivity index (χ2v) is 7.22. The first-order valence-corrected chi connectivity index (χ1v) is 10.4. The van der Waals surface area contributed by atoms with Gasteiger partial charge in [0.05, 0.1) is 0 Å². The summed E-state index contributed by atoms with van der Waals surface area (Å²) < 4.78 is 0. The molecule has 0 amide bonds. The third-order valence-corrected chi connectivity index (χ3v) is 4.94. The lowest BCUT2D eigenvalue weighted by atomic mass is 10.0. The minimum Gasteiger partial charge on any atom is -0.478 e. The van der Waals surface area contributed by atoms with Crippen molar-refractivity contribution in [3.63, 3.8) is 0 Å². The predicted octanol–water partition coefficient (Wildman–Crippen LogP) is 6.87. The third-order valence-electron chi connectivity index (χ3n) is 4.94. The average Bonchev–Trinajstić information content (AvgIpc) is 2.65. The highest BCUT2D eigenvalue weighted by Gasteiger charge is 2.12. The van der Waals surface area contributed by atoms with Crippen molar-refractivity contribution in [2.45, 2.75) is 96.8 Å². The van der Waals surface area contributed by atoms with E-state index in [1.54, 1.807) is 12.1 Å². The zero-order chi connectivity index (χ0) is 19.0. The summed E-state index contributed by atoms with van der Waals surface area (Å²) in [5.41, 5.74) is 0.990. The molecule has 0 atom stereocenters. The number of hydrogen-bond acceptors (Lipinski definition) is 3. The highest BCUT2D eigenvalue weighted by Crippen LogP contribution is 2.21. The van der Waals surface area contributed by atoms with Crippen molar-refractivity contribution in [2.75, 3.05) is 0 Å². The summed E-state index contributed by atoms with van der Waals surface area (Å²) in [5.74, 6) is -1.08. The van der Waals surface area contributed by atoms with Crippen LogP contribution in [0.15, 0.2) is 18.2 Å². The first-order chi connectivity index (χ1) is 12.7. The van der Waals surface area contributed by atoms with E-state index in [-0.39, 0.29) is 11.3 Å². The number of aryl methyl sites for hydroxylation is 1. The maximum Gasteiger partial charge on any atom is 0.339 e. The van der Waals surface area contributed by atoms with Gasteiger partial charge in [0, 0.05) is 0 Å². The molecular weight excluding hydrogens is 328 g/mol. The summed E-state index contributed by atoms with van der Waals surface area (Å²) in [6.45, 7) is 2.26. The number of carboxylic acid groups (broad SMARTS) is 1. The molecule has 0 fully saturated rings. The molecule has 1 aromatic carbocycles. The summed E-state index contributed by atoms with van der Waals surface area (Å²) in [5, 5.41) is 17.8. The van der Waals surface area contributed by atoms with E-state index in [1.165, 1.54) is 83.1 Å². The quantitative estimate of drug-likeness (QED) is 0.191. The van der Waals surface area contributed by atoms with Crippen LogP contribution in [-0.4, -0.2) is 16.3 Å². The maximum atomic E-state index is 11.0. The molecule has 26 heavy (non-hydrogen) atoms. The number of aromatic carboxylic acids is 1. The Kier molecular flexibility index (Phi) is 12.6. The molecule has 0 heterocycles. The van der Waals surface area contributed by atoms with E-state index in [0.29, 0.717) is 0 Å². The molecule has 0 saturated heterocycles. The molecule has 0 aromatic heterocycles. The number of carboxylic acids is 1. The maximum absolute atomic E-state index is 11.0. The first kappa shape index (κ1) is 22.5. The molecule has 4 heteroatoms. The first-order valence-electron chi connectivity index (χ1n) is 10.4. The summed E-state index contributed by atoms with van der Waals surface area (Å²) in [6.07, 6.45) is 18.1.